The summed E-state index contributed by atoms with van der Waals surface area (Å²) in [6.45, 7) is 5.27. The summed E-state index contributed by atoms with van der Waals surface area (Å²) in [6, 6.07) is 0. The minimum atomic E-state index is -0.809. The van der Waals surface area contributed by atoms with E-state index >= 15 is 0 Å². The first-order valence-electron chi connectivity index (χ1n) is 3.36. The highest BCUT2D eigenvalue weighted by Gasteiger charge is 2.10. The average Bonchev–Trinajstić information content (AvgIpc) is 1.87. The first-order chi connectivity index (χ1) is 5.07. The zero-order valence-corrected chi connectivity index (χ0v) is 6.58. The van der Waals surface area contributed by atoms with Gasteiger partial charge in [-0.2, -0.15) is 0 Å². The van der Waals surface area contributed by atoms with Gasteiger partial charge in [-0.15, -0.1) is 0 Å². The van der Waals surface area contributed by atoms with Gasteiger partial charge in [0.05, 0.1) is 5.92 Å². The quantitative estimate of drug-likeness (QED) is 0.598. The van der Waals surface area contributed by atoms with Gasteiger partial charge in [-0.05, 0) is 18.7 Å². The molecule has 0 amide bonds. The summed E-state index contributed by atoms with van der Waals surface area (Å²) in [4.78, 5) is 10.3. The predicted molar refractivity (Wildman–Crippen MR) is 43.9 cm³/mol. The second-order valence-corrected chi connectivity index (χ2v) is 2.46. The summed E-state index contributed by atoms with van der Waals surface area (Å²) >= 11 is 0. The van der Waals surface area contributed by atoms with Crippen LogP contribution in [-0.4, -0.2) is 11.1 Å². The predicted octanol–water partition coefficient (Wildman–Crippen LogP) is 1.13. The number of hydrogen-bond acceptors (Lipinski definition) is 2. The summed E-state index contributed by atoms with van der Waals surface area (Å²) in [7, 11) is 0. The molecule has 0 rings (SSSR count). The Balaban J connectivity index is 3.85. The van der Waals surface area contributed by atoms with Gasteiger partial charge in [0.2, 0.25) is 0 Å². The highest BCUT2D eigenvalue weighted by Crippen LogP contribution is 2.09. The number of aliphatic carboxylic acids is 1. The van der Waals surface area contributed by atoms with Crippen LogP contribution >= 0.6 is 0 Å². The van der Waals surface area contributed by atoms with E-state index in [9.17, 15) is 4.79 Å². The Morgan fingerprint density at radius 3 is 2.73 bits per heavy atom. The standard InChI is InChI=1S/C8H13NO2/c1-6(3-4-9)5-7(2)8(10)11/h3-4,7H,1,5,9H2,2H3,(H,10,11)/b4-3-. The van der Waals surface area contributed by atoms with Crippen LogP contribution in [0.3, 0.4) is 0 Å². The van der Waals surface area contributed by atoms with Crippen LogP contribution in [0.5, 0.6) is 0 Å². The maximum Gasteiger partial charge on any atom is 0.306 e. The maximum atomic E-state index is 10.3. The molecule has 0 aromatic heterocycles. The molecule has 0 heterocycles. The fourth-order valence-electron chi connectivity index (χ4n) is 0.685. The van der Waals surface area contributed by atoms with Crippen LogP contribution in [0.2, 0.25) is 0 Å². The van der Waals surface area contributed by atoms with Gasteiger partial charge in [0.15, 0.2) is 0 Å². The lowest BCUT2D eigenvalue weighted by atomic mass is 10.0. The lowest BCUT2D eigenvalue weighted by Crippen LogP contribution is -2.09. The van der Waals surface area contributed by atoms with E-state index in [1.165, 1.54) is 6.20 Å². The summed E-state index contributed by atoms with van der Waals surface area (Å²) in [5.74, 6) is -1.20. The first kappa shape index (κ1) is 9.75. The third-order valence-corrected chi connectivity index (χ3v) is 1.32. The topological polar surface area (TPSA) is 63.3 Å². The maximum absolute atomic E-state index is 10.3. The van der Waals surface area contributed by atoms with E-state index in [-0.39, 0.29) is 0 Å². The van der Waals surface area contributed by atoms with Gasteiger partial charge in [0.25, 0.3) is 0 Å². The number of allylic oxidation sites excluding steroid dienone is 2. The monoisotopic (exact) mass is 155 g/mol. The number of carboxylic acids is 1. The molecule has 11 heavy (non-hydrogen) atoms. The summed E-state index contributed by atoms with van der Waals surface area (Å²) in [5.41, 5.74) is 5.83. The van der Waals surface area contributed by atoms with Crippen molar-refractivity contribution in [3.63, 3.8) is 0 Å². The molecule has 0 aliphatic rings. The van der Waals surface area contributed by atoms with Crippen molar-refractivity contribution >= 4 is 5.97 Å². The normalized spacial score (nSPS) is 13.2. The van der Waals surface area contributed by atoms with Crippen LogP contribution in [0, 0.1) is 5.92 Å². The van der Waals surface area contributed by atoms with E-state index in [0.717, 1.165) is 5.57 Å². The van der Waals surface area contributed by atoms with Gasteiger partial charge in [0, 0.05) is 0 Å². The molecule has 0 radical (unpaired) electrons. The van der Waals surface area contributed by atoms with Crippen LogP contribution < -0.4 is 5.73 Å². The van der Waals surface area contributed by atoms with Crippen molar-refractivity contribution < 1.29 is 9.90 Å². The Kier molecular flexibility index (Phi) is 4.03. The Labute approximate surface area is 66.2 Å². The van der Waals surface area contributed by atoms with Crippen LogP contribution in [0.25, 0.3) is 0 Å². The Morgan fingerprint density at radius 1 is 1.82 bits per heavy atom. The van der Waals surface area contributed by atoms with E-state index in [4.69, 9.17) is 10.8 Å². The zero-order valence-electron chi connectivity index (χ0n) is 6.58. The van der Waals surface area contributed by atoms with Crippen LogP contribution in [0.4, 0.5) is 0 Å². The minimum absolute atomic E-state index is 0.390. The van der Waals surface area contributed by atoms with Crippen molar-refractivity contribution in [1.29, 1.82) is 0 Å². The third kappa shape index (κ3) is 4.19. The molecular formula is C8H13NO2. The van der Waals surface area contributed by atoms with Crippen molar-refractivity contribution in [3.05, 3.63) is 24.4 Å². The molecule has 0 fully saturated rings. The van der Waals surface area contributed by atoms with Crippen LogP contribution in [-0.2, 0) is 4.79 Å². The van der Waals surface area contributed by atoms with E-state index in [1.807, 2.05) is 0 Å². The first-order valence-corrected chi connectivity index (χ1v) is 3.36. The number of carbonyl (C=O) groups is 1. The lowest BCUT2D eigenvalue weighted by Gasteiger charge is -2.04. The number of rotatable bonds is 4. The Hall–Kier alpha value is -1.25. The second-order valence-electron chi connectivity index (χ2n) is 2.46. The Morgan fingerprint density at radius 2 is 2.36 bits per heavy atom. The molecule has 1 unspecified atom stereocenters. The van der Waals surface area contributed by atoms with Crippen molar-refractivity contribution in [3.8, 4) is 0 Å². The van der Waals surface area contributed by atoms with Gasteiger partial charge in [-0.3, -0.25) is 4.79 Å². The number of carboxylic acid groups (broad SMARTS) is 1. The molecule has 0 saturated carbocycles. The molecular weight excluding hydrogens is 142 g/mol. The highest BCUT2D eigenvalue weighted by molar-refractivity contribution is 5.69. The smallest absolute Gasteiger partial charge is 0.306 e. The van der Waals surface area contributed by atoms with E-state index in [2.05, 4.69) is 6.58 Å². The van der Waals surface area contributed by atoms with Crippen molar-refractivity contribution in [2.45, 2.75) is 13.3 Å². The second kappa shape index (κ2) is 4.55. The summed E-state index contributed by atoms with van der Waals surface area (Å²) in [5, 5.41) is 8.50. The largest absolute Gasteiger partial charge is 0.481 e. The van der Waals surface area contributed by atoms with Gasteiger partial charge in [-0.25, -0.2) is 0 Å². The zero-order chi connectivity index (χ0) is 8.85. The molecule has 3 N–H and O–H groups in total. The number of hydrogen-bond donors (Lipinski definition) is 2. The Bertz CT molecular complexity index is 185. The molecule has 3 heteroatoms. The van der Waals surface area contributed by atoms with Gasteiger partial charge in [-0.1, -0.05) is 19.1 Å². The lowest BCUT2D eigenvalue weighted by molar-refractivity contribution is -0.141. The minimum Gasteiger partial charge on any atom is -0.481 e. The van der Waals surface area contributed by atoms with E-state index < -0.39 is 11.9 Å². The van der Waals surface area contributed by atoms with Gasteiger partial charge < -0.3 is 10.8 Å². The third-order valence-electron chi connectivity index (χ3n) is 1.32. The van der Waals surface area contributed by atoms with E-state index in [0.29, 0.717) is 6.42 Å². The molecule has 0 spiro atoms. The molecule has 0 aromatic rings. The summed E-state index contributed by atoms with van der Waals surface area (Å²) in [6.07, 6.45) is 3.42. The van der Waals surface area contributed by atoms with Crippen LogP contribution in [0.1, 0.15) is 13.3 Å². The van der Waals surface area contributed by atoms with Gasteiger partial charge >= 0.3 is 5.97 Å². The van der Waals surface area contributed by atoms with Crippen molar-refractivity contribution in [2.75, 3.05) is 0 Å². The average molecular weight is 155 g/mol. The molecule has 0 aliphatic heterocycles. The highest BCUT2D eigenvalue weighted by atomic mass is 16.4. The van der Waals surface area contributed by atoms with Crippen molar-refractivity contribution in [1.82, 2.24) is 0 Å². The molecule has 0 aliphatic carbocycles. The molecule has 62 valence electrons. The SMILES string of the molecule is C=C(/C=C\N)CC(C)C(=O)O. The number of nitrogens with two attached hydrogens (primary N) is 1. The molecule has 0 bridgehead atoms. The molecule has 0 saturated heterocycles. The van der Waals surface area contributed by atoms with E-state index in [1.54, 1.807) is 13.0 Å². The fourth-order valence-corrected chi connectivity index (χ4v) is 0.685. The molecule has 0 aromatic carbocycles. The summed E-state index contributed by atoms with van der Waals surface area (Å²) < 4.78 is 0. The van der Waals surface area contributed by atoms with Gasteiger partial charge in [0.1, 0.15) is 0 Å². The molecule has 1 atom stereocenters. The molecule has 3 nitrogen and oxygen atoms in total. The van der Waals surface area contributed by atoms with Crippen molar-refractivity contribution in [2.24, 2.45) is 11.7 Å². The fraction of sp³-hybridized carbons (Fsp3) is 0.375. The van der Waals surface area contributed by atoms with Crippen LogP contribution in [0.15, 0.2) is 24.4 Å².